The van der Waals surface area contributed by atoms with Gasteiger partial charge in [0.1, 0.15) is 5.82 Å². The van der Waals surface area contributed by atoms with Gasteiger partial charge in [-0.25, -0.2) is 9.07 Å². The van der Waals surface area contributed by atoms with Gasteiger partial charge in [-0.15, -0.1) is 0 Å². The van der Waals surface area contributed by atoms with E-state index in [9.17, 15) is 4.39 Å². The van der Waals surface area contributed by atoms with Gasteiger partial charge in [-0.1, -0.05) is 19.1 Å². The Kier molecular flexibility index (Phi) is 5.63. The van der Waals surface area contributed by atoms with Crippen LogP contribution in [0.3, 0.4) is 0 Å². The molecule has 0 saturated carbocycles. The lowest BCUT2D eigenvalue weighted by Crippen LogP contribution is -2.23. The summed E-state index contributed by atoms with van der Waals surface area (Å²) in [6.07, 6.45) is 3.50. The maximum atomic E-state index is 13.0. The quantitative estimate of drug-likeness (QED) is 0.527. The van der Waals surface area contributed by atoms with Crippen molar-refractivity contribution in [2.45, 2.75) is 19.8 Å². The number of aliphatic imine (C=N–C) groups is 1. The van der Waals surface area contributed by atoms with Crippen LogP contribution in [0.5, 0.6) is 0 Å². The summed E-state index contributed by atoms with van der Waals surface area (Å²) in [5.41, 5.74) is 9.85. The zero-order chi connectivity index (χ0) is 18.4. The van der Waals surface area contributed by atoms with E-state index in [2.05, 4.69) is 34.5 Å². The molecule has 0 radical (unpaired) electrons. The number of aryl methyl sites for hydroxylation is 1. The highest BCUT2D eigenvalue weighted by atomic mass is 19.1. The number of nitrogens with one attached hydrogen (secondary N) is 1. The van der Waals surface area contributed by atoms with E-state index in [0.29, 0.717) is 18.9 Å². The molecule has 5 nitrogen and oxygen atoms in total. The minimum Gasteiger partial charge on any atom is -0.370 e. The highest BCUT2D eigenvalue weighted by Gasteiger charge is 2.02. The van der Waals surface area contributed by atoms with Crippen molar-refractivity contribution in [2.24, 2.45) is 10.7 Å². The molecule has 3 rings (SSSR count). The number of halogens is 1. The van der Waals surface area contributed by atoms with Crippen LogP contribution in [0.4, 0.5) is 10.1 Å². The maximum Gasteiger partial charge on any atom is 0.193 e. The fraction of sp³-hybridized carbons (Fsp3) is 0.200. The molecule has 26 heavy (non-hydrogen) atoms. The van der Waals surface area contributed by atoms with Gasteiger partial charge in [0, 0.05) is 24.8 Å². The van der Waals surface area contributed by atoms with Crippen LogP contribution in [0.15, 0.2) is 65.8 Å². The number of hydrogen-bond acceptors (Lipinski definition) is 2. The van der Waals surface area contributed by atoms with Crippen LogP contribution >= 0.6 is 0 Å². The average Bonchev–Trinajstić information content (AvgIpc) is 3.11. The molecule has 0 bridgehead atoms. The van der Waals surface area contributed by atoms with Crippen LogP contribution in [0.1, 0.15) is 18.2 Å². The Balaban J connectivity index is 1.55. The fourth-order valence-corrected chi connectivity index (χ4v) is 2.58. The fourth-order valence-electron chi connectivity index (χ4n) is 2.58. The molecule has 0 fully saturated rings. The average molecular weight is 351 g/mol. The minimum atomic E-state index is -0.261. The normalized spacial score (nSPS) is 11.5. The van der Waals surface area contributed by atoms with Gasteiger partial charge in [0.25, 0.3) is 0 Å². The number of anilines is 1. The highest BCUT2D eigenvalue weighted by molar-refractivity contribution is 5.92. The van der Waals surface area contributed by atoms with E-state index in [4.69, 9.17) is 5.73 Å². The largest absolute Gasteiger partial charge is 0.370 e. The van der Waals surface area contributed by atoms with Gasteiger partial charge in [-0.05, 0) is 54.4 Å². The second kappa shape index (κ2) is 8.29. The Bertz CT molecular complexity index is 883. The number of benzene rings is 2. The van der Waals surface area contributed by atoms with Crippen LogP contribution in [-0.4, -0.2) is 22.3 Å². The number of rotatable bonds is 6. The van der Waals surface area contributed by atoms with Crippen molar-refractivity contribution in [1.82, 2.24) is 9.78 Å². The Labute approximate surface area is 152 Å². The number of aromatic nitrogens is 2. The summed E-state index contributed by atoms with van der Waals surface area (Å²) < 4.78 is 14.7. The van der Waals surface area contributed by atoms with Crippen molar-refractivity contribution < 1.29 is 4.39 Å². The molecule has 0 unspecified atom stereocenters. The van der Waals surface area contributed by atoms with Crippen LogP contribution < -0.4 is 11.1 Å². The molecule has 2 aromatic carbocycles. The minimum absolute atomic E-state index is 0.261. The van der Waals surface area contributed by atoms with Gasteiger partial charge < -0.3 is 11.1 Å². The molecule has 0 aliphatic rings. The zero-order valence-corrected chi connectivity index (χ0v) is 14.7. The summed E-state index contributed by atoms with van der Waals surface area (Å²) in [6, 6.07) is 16.2. The molecule has 3 aromatic rings. The smallest absolute Gasteiger partial charge is 0.193 e. The van der Waals surface area contributed by atoms with Crippen LogP contribution in [-0.2, 0) is 12.8 Å². The molecule has 0 aliphatic carbocycles. The Morgan fingerprint density at radius 3 is 2.77 bits per heavy atom. The van der Waals surface area contributed by atoms with E-state index in [1.165, 1.54) is 17.7 Å². The second-order valence-corrected chi connectivity index (χ2v) is 5.92. The summed E-state index contributed by atoms with van der Waals surface area (Å²) in [7, 11) is 0. The summed E-state index contributed by atoms with van der Waals surface area (Å²) in [6.45, 7) is 2.65. The number of nitrogens with zero attached hydrogens (tertiary/aromatic N) is 3. The first-order valence-electron chi connectivity index (χ1n) is 8.60. The molecule has 1 aromatic heterocycles. The highest BCUT2D eigenvalue weighted by Crippen LogP contribution is 2.11. The van der Waals surface area contributed by atoms with Gasteiger partial charge in [-0.3, -0.25) is 4.99 Å². The van der Waals surface area contributed by atoms with Crippen LogP contribution in [0.25, 0.3) is 5.69 Å². The Hall–Kier alpha value is -3.15. The van der Waals surface area contributed by atoms with Gasteiger partial charge in [0.15, 0.2) is 5.96 Å². The van der Waals surface area contributed by atoms with E-state index in [1.807, 2.05) is 24.4 Å². The lowest BCUT2D eigenvalue weighted by molar-refractivity contribution is 0.627. The lowest BCUT2D eigenvalue weighted by Gasteiger charge is -2.07. The standard InChI is InChI=1S/C20H22FN5/c1-2-15-4-3-5-18(14-15)24-20(22)23-12-10-17-11-13-26(25-17)19-8-6-16(21)7-9-19/h3-9,11,13-14H,2,10,12H2,1H3,(H3,22,23,24). The molecule has 3 N–H and O–H groups in total. The van der Waals surface area contributed by atoms with Crippen molar-refractivity contribution in [1.29, 1.82) is 0 Å². The molecule has 6 heteroatoms. The number of guanidine groups is 1. The molecule has 1 heterocycles. The SMILES string of the molecule is CCc1cccc(NC(N)=NCCc2ccn(-c3ccc(F)cc3)n2)c1. The zero-order valence-electron chi connectivity index (χ0n) is 14.7. The summed E-state index contributed by atoms with van der Waals surface area (Å²) in [5, 5.41) is 7.58. The first-order chi connectivity index (χ1) is 12.6. The Morgan fingerprint density at radius 1 is 1.19 bits per heavy atom. The summed E-state index contributed by atoms with van der Waals surface area (Å²) in [5.74, 6) is 0.124. The predicted octanol–water partition coefficient (Wildman–Crippen LogP) is 3.54. The number of hydrogen-bond donors (Lipinski definition) is 2. The van der Waals surface area contributed by atoms with E-state index < -0.39 is 0 Å². The van der Waals surface area contributed by atoms with Crippen molar-refractivity contribution >= 4 is 11.6 Å². The number of nitrogens with two attached hydrogens (primary N) is 1. The molecule has 0 amide bonds. The van der Waals surface area contributed by atoms with Crippen LogP contribution in [0, 0.1) is 5.82 Å². The molecular formula is C20H22FN5. The van der Waals surface area contributed by atoms with Crippen molar-refractivity contribution in [3.8, 4) is 5.69 Å². The van der Waals surface area contributed by atoms with Gasteiger partial charge >= 0.3 is 0 Å². The van der Waals surface area contributed by atoms with Gasteiger partial charge in [0.05, 0.1) is 11.4 Å². The monoisotopic (exact) mass is 351 g/mol. The second-order valence-electron chi connectivity index (χ2n) is 5.92. The van der Waals surface area contributed by atoms with Crippen LogP contribution in [0.2, 0.25) is 0 Å². The molecule has 0 spiro atoms. The Morgan fingerprint density at radius 2 is 2.00 bits per heavy atom. The van der Waals surface area contributed by atoms with E-state index in [-0.39, 0.29) is 5.82 Å². The summed E-state index contributed by atoms with van der Waals surface area (Å²) in [4.78, 5) is 4.35. The molecule has 0 atom stereocenters. The molecule has 0 aliphatic heterocycles. The third-order valence-corrected chi connectivity index (χ3v) is 3.99. The van der Waals surface area contributed by atoms with Gasteiger partial charge in [-0.2, -0.15) is 5.10 Å². The topological polar surface area (TPSA) is 68.2 Å². The van der Waals surface area contributed by atoms with Crippen molar-refractivity contribution in [2.75, 3.05) is 11.9 Å². The van der Waals surface area contributed by atoms with Crippen molar-refractivity contribution in [3.63, 3.8) is 0 Å². The first kappa shape index (κ1) is 17.7. The molecule has 134 valence electrons. The lowest BCUT2D eigenvalue weighted by atomic mass is 10.1. The molecular weight excluding hydrogens is 329 g/mol. The van der Waals surface area contributed by atoms with Gasteiger partial charge in [0.2, 0.25) is 0 Å². The van der Waals surface area contributed by atoms with E-state index >= 15 is 0 Å². The predicted molar refractivity (Wildman–Crippen MR) is 103 cm³/mol. The van der Waals surface area contributed by atoms with E-state index in [0.717, 1.165) is 23.5 Å². The molecule has 0 saturated heterocycles. The van der Waals surface area contributed by atoms with Crippen molar-refractivity contribution in [3.05, 3.63) is 77.9 Å². The third kappa shape index (κ3) is 4.69. The first-order valence-corrected chi connectivity index (χ1v) is 8.60. The summed E-state index contributed by atoms with van der Waals surface area (Å²) >= 11 is 0. The third-order valence-electron chi connectivity index (χ3n) is 3.99. The maximum absolute atomic E-state index is 13.0. The van der Waals surface area contributed by atoms with E-state index in [1.54, 1.807) is 16.8 Å².